The molecule has 2 aromatic rings. The molecule has 2 aromatic carbocycles. The van der Waals surface area contributed by atoms with Crippen molar-refractivity contribution in [3.05, 3.63) is 65.7 Å². The Morgan fingerprint density at radius 1 is 0.909 bits per heavy atom. The SMILES string of the molecule is O=C1C[C@H](N2CCN(S(=O)(=O)c3cccc(C(F)(F)F)c3)CC2)C(=O)N1Cc1ccccc1. The van der Waals surface area contributed by atoms with E-state index in [1.165, 1.54) is 4.90 Å². The van der Waals surface area contributed by atoms with Gasteiger partial charge in [-0.15, -0.1) is 0 Å². The number of likely N-dealkylation sites (tertiary alicyclic amines) is 1. The van der Waals surface area contributed by atoms with Crippen LogP contribution in [0.5, 0.6) is 0 Å². The van der Waals surface area contributed by atoms with E-state index in [0.717, 1.165) is 28.1 Å². The van der Waals surface area contributed by atoms with Gasteiger partial charge in [0.15, 0.2) is 0 Å². The first kappa shape index (κ1) is 23.4. The van der Waals surface area contributed by atoms with Crippen LogP contribution in [0.3, 0.4) is 0 Å². The average Bonchev–Trinajstić information content (AvgIpc) is 3.08. The summed E-state index contributed by atoms with van der Waals surface area (Å²) in [7, 11) is -4.12. The van der Waals surface area contributed by atoms with E-state index >= 15 is 0 Å². The highest BCUT2D eigenvalue weighted by molar-refractivity contribution is 7.89. The van der Waals surface area contributed by atoms with E-state index < -0.39 is 32.7 Å². The minimum atomic E-state index is -4.65. The van der Waals surface area contributed by atoms with Crippen molar-refractivity contribution in [2.24, 2.45) is 0 Å². The maximum atomic E-state index is 13.0. The van der Waals surface area contributed by atoms with E-state index in [-0.39, 0.29) is 51.0 Å². The fraction of sp³-hybridized carbons (Fsp3) is 0.364. The maximum Gasteiger partial charge on any atom is 0.416 e. The number of sulfonamides is 1. The number of amides is 2. The molecule has 33 heavy (non-hydrogen) atoms. The van der Waals surface area contributed by atoms with Crippen molar-refractivity contribution >= 4 is 21.8 Å². The fourth-order valence-electron chi connectivity index (χ4n) is 4.12. The molecule has 0 unspecified atom stereocenters. The van der Waals surface area contributed by atoms with Gasteiger partial charge in [-0.2, -0.15) is 17.5 Å². The third-order valence-electron chi connectivity index (χ3n) is 5.92. The zero-order chi connectivity index (χ0) is 23.8. The second-order valence-electron chi connectivity index (χ2n) is 7.99. The van der Waals surface area contributed by atoms with Gasteiger partial charge in [0.1, 0.15) is 0 Å². The number of nitrogens with zero attached hydrogens (tertiary/aromatic N) is 3. The minimum absolute atomic E-state index is 0.00916. The van der Waals surface area contributed by atoms with Crippen LogP contribution in [0.25, 0.3) is 0 Å². The lowest BCUT2D eigenvalue weighted by molar-refractivity contribution is -0.141. The Balaban J connectivity index is 1.42. The van der Waals surface area contributed by atoms with Crippen LogP contribution in [0, 0.1) is 0 Å². The topological polar surface area (TPSA) is 78.0 Å². The molecule has 2 aliphatic rings. The monoisotopic (exact) mass is 481 g/mol. The lowest BCUT2D eigenvalue weighted by atomic mass is 10.2. The van der Waals surface area contributed by atoms with Gasteiger partial charge in [-0.25, -0.2) is 8.42 Å². The molecule has 2 aliphatic heterocycles. The number of piperazine rings is 1. The number of carbonyl (C=O) groups excluding carboxylic acids is 2. The highest BCUT2D eigenvalue weighted by Gasteiger charge is 2.43. The van der Waals surface area contributed by atoms with Crippen molar-refractivity contribution in [3.63, 3.8) is 0 Å². The molecule has 0 aromatic heterocycles. The van der Waals surface area contributed by atoms with Crippen molar-refractivity contribution in [1.29, 1.82) is 0 Å². The van der Waals surface area contributed by atoms with Crippen molar-refractivity contribution in [2.75, 3.05) is 26.2 Å². The maximum absolute atomic E-state index is 13.0. The van der Waals surface area contributed by atoms with Crippen LogP contribution in [0.1, 0.15) is 17.5 Å². The smallest absolute Gasteiger partial charge is 0.289 e. The summed E-state index contributed by atoms with van der Waals surface area (Å²) in [6, 6.07) is 12.1. The highest BCUT2D eigenvalue weighted by Crippen LogP contribution is 2.31. The predicted molar refractivity (Wildman–Crippen MR) is 112 cm³/mol. The predicted octanol–water partition coefficient (Wildman–Crippen LogP) is 2.34. The molecule has 0 bridgehead atoms. The van der Waals surface area contributed by atoms with Gasteiger partial charge < -0.3 is 0 Å². The van der Waals surface area contributed by atoms with E-state index in [2.05, 4.69) is 0 Å². The number of benzene rings is 2. The van der Waals surface area contributed by atoms with Gasteiger partial charge in [-0.05, 0) is 23.8 Å². The van der Waals surface area contributed by atoms with Crippen LogP contribution in [0.15, 0.2) is 59.5 Å². The number of rotatable bonds is 5. The summed E-state index contributed by atoms with van der Waals surface area (Å²) < 4.78 is 65.8. The fourth-order valence-corrected chi connectivity index (χ4v) is 5.59. The van der Waals surface area contributed by atoms with E-state index in [1.807, 2.05) is 30.3 Å². The van der Waals surface area contributed by atoms with Crippen LogP contribution in [0.4, 0.5) is 13.2 Å². The molecule has 7 nitrogen and oxygen atoms in total. The number of imide groups is 1. The number of halogens is 3. The molecule has 2 amide bonds. The third kappa shape index (κ3) is 4.80. The van der Waals surface area contributed by atoms with Crippen molar-refractivity contribution in [2.45, 2.75) is 30.1 Å². The standard InChI is InChI=1S/C22H22F3N3O4S/c23-22(24,25)17-7-4-8-18(13-17)33(31,32)27-11-9-26(10-12-27)19-14-20(29)28(21(19)30)15-16-5-2-1-3-6-16/h1-8,13,19H,9-12,14-15H2/t19-/m0/s1. The lowest BCUT2D eigenvalue weighted by Crippen LogP contribution is -2.53. The Hall–Kier alpha value is -2.76. The summed E-state index contributed by atoms with van der Waals surface area (Å²) in [6.07, 6.45) is -4.63. The van der Waals surface area contributed by atoms with Gasteiger partial charge in [-0.1, -0.05) is 36.4 Å². The van der Waals surface area contributed by atoms with Gasteiger partial charge in [0.05, 0.1) is 29.5 Å². The van der Waals surface area contributed by atoms with E-state index in [4.69, 9.17) is 0 Å². The molecule has 1 atom stereocenters. The van der Waals surface area contributed by atoms with Crippen molar-refractivity contribution in [3.8, 4) is 0 Å². The van der Waals surface area contributed by atoms with Crippen LogP contribution in [-0.4, -0.2) is 66.6 Å². The van der Waals surface area contributed by atoms with Gasteiger partial charge in [-0.3, -0.25) is 19.4 Å². The van der Waals surface area contributed by atoms with Gasteiger partial charge in [0.2, 0.25) is 21.8 Å². The van der Waals surface area contributed by atoms with E-state index in [9.17, 15) is 31.2 Å². The van der Waals surface area contributed by atoms with Crippen LogP contribution >= 0.6 is 0 Å². The number of hydrogen-bond donors (Lipinski definition) is 0. The second-order valence-corrected chi connectivity index (χ2v) is 9.93. The van der Waals surface area contributed by atoms with Crippen molar-refractivity contribution in [1.82, 2.24) is 14.1 Å². The Bertz CT molecular complexity index is 1150. The Morgan fingerprint density at radius 3 is 2.21 bits per heavy atom. The molecule has 2 fully saturated rings. The van der Waals surface area contributed by atoms with Crippen LogP contribution in [-0.2, 0) is 32.3 Å². The molecule has 0 spiro atoms. The molecule has 11 heteroatoms. The molecular formula is C22H22F3N3O4S. The van der Waals surface area contributed by atoms with Crippen molar-refractivity contribution < 1.29 is 31.2 Å². The molecule has 0 saturated carbocycles. The zero-order valence-corrected chi connectivity index (χ0v) is 18.3. The van der Waals surface area contributed by atoms with E-state index in [1.54, 1.807) is 4.90 Å². The summed E-state index contributed by atoms with van der Waals surface area (Å²) in [6.45, 7) is 0.589. The largest absolute Gasteiger partial charge is 0.416 e. The number of alkyl halides is 3. The normalized spacial score (nSPS) is 21.1. The molecule has 0 radical (unpaired) electrons. The minimum Gasteiger partial charge on any atom is -0.289 e. The molecule has 0 aliphatic carbocycles. The van der Waals surface area contributed by atoms with E-state index in [0.29, 0.717) is 6.07 Å². The molecule has 4 rings (SSSR count). The zero-order valence-electron chi connectivity index (χ0n) is 17.5. The first-order chi connectivity index (χ1) is 15.6. The second kappa shape index (κ2) is 8.88. The van der Waals surface area contributed by atoms with Gasteiger partial charge in [0, 0.05) is 26.2 Å². The van der Waals surface area contributed by atoms with Crippen LogP contribution < -0.4 is 0 Å². The highest BCUT2D eigenvalue weighted by atomic mass is 32.2. The number of carbonyl (C=O) groups is 2. The quantitative estimate of drug-likeness (QED) is 0.613. The Morgan fingerprint density at radius 2 is 1.58 bits per heavy atom. The third-order valence-corrected chi connectivity index (χ3v) is 7.81. The first-order valence-electron chi connectivity index (χ1n) is 10.4. The summed E-state index contributed by atoms with van der Waals surface area (Å²) in [5.74, 6) is -0.606. The first-order valence-corrected chi connectivity index (χ1v) is 11.8. The molecule has 2 saturated heterocycles. The Kier molecular flexibility index (Phi) is 6.30. The Labute approximate surface area is 189 Å². The average molecular weight is 481 g/mol. The summed E-state index contributed by atoms with van der Waals surface area (Å²) in [5.41, 5.74) is -0.201. The molecule has 0 N–H and O–H groups in total. The lowest BCUT2D eigenvalue weighted by Gasteiger charge is -2.36. The van der Waals surface area contributed by atoms with Gasteiger partial charge in [0.25, 0.3) is 0 Å². The molecule has 2 heterocycles. The summed E-state index contributed by atoms with van der Waals surface area (Å²) in [5, 5.41) is 0. The molecular weight excluding hydrogens is 459 g/mol. The summed E-state index contributed by atoms with van der Waals surface area (Å²) >= 11 is 0. The number of hydrogen-bond acceptors (Lipinski definition) is 5. The van der Waals surface area contributed by atoms with Gasteiger partial charge >= 0.3 is 6.18 Å². The summed E-state index contributed by atoms with van der Waals surface area (Å²) in [4.78, 5) is 27.9. The molecule has 176 valence electrons. The van der Waals surface area contributed by atoms with Crippen LogP contribution in [0.2, 0.25) is 0 Å².